The van der Waals surface area contributed by atoms with Crippen LogP contribution in [0, 0.1) is 0 Å². The number of hydrogen-bond acceptors (Lipinski definition) is 3. The van der Waals surface area contributed by atoms with Crippen molar-refractivity contribution in [2.24, 2.45) is 5.73 Å². The molecule has 2 N–H and O–H groups in total. The number of carbonyl (C=O) groups is 2. The van der Waals surface area contributed by atoms with Gasteiger partial charge in [0.15, 0.2) is 0 Å². The average Bonchev–Trinajstić information content (AvgIpc) is 2.84. The molecule has 2 aliphatic heterocycles. The number of hydrogen-bond donors (Lipinski definition) is 1. The van der Waals surface area contributed by atoms with Crippen LogP contribution in [0.2, 0.25) is 0 Å². The van der Waals surface area contributed by atoms with Crippen LogP contribution < -0.4 is 15.5 Å². The van der Waals surface area contributed by atoms with Crippen molar-refractivity contribution in [3.8, 4) is 0 Å². The number of para-hydroxylation sites is 1. The Bertz CT molecular complexity index is 903. The van der Waals surface area contributed by atoms with Gasteiger partial charge in [0.2, 0.25) is 5.91 Å². The Labute approximate surface area is 146 Å². The van der Waals surface area contributed by atoms with Gasteiger partial charge in [0.05, 0.1) is 11.6 Å². The smallest absolute Gasteiger partial charge is 0.251 e. The lowest BCUT2D eigenvalue weighted by molar-refractivity contribution is -0.115. The molecule has 2 unspecified atom stereocenters. The third-order valence-corrected chi connectivity index (χ3v) is 5.36. The summed E-state index contributed by atoms with van der Waals surface area (Å²) in [5.41, 5.74) is 8.40. The number of nitrogens with zero attached hydrogens (tertiary/aromatic N) is 2. The summed E-state index contributed by atoms with van der Waals surface area (Å²) in [5, 5.41) is 0. The van der Waals surface area contributed by atoms with E-state index in [0.29, 0.717) is 5.56 Å². The van der Waals surface area contributed by atoms with Gasteiger partial charge in [-0.25, -0.2) is 0 Å². The summed E-state index contributed by atoms with van der Waals surface area (Å²) in [5.74, 6) is -0.549. The van der Waals surface area contributed by atoms with Crippen LogP contribution in [0.3, 0.4) is 0 Å². The standard InChI is InChI=1S/C20H19N3O2/c1-20-12-11-17(24)23(14-9-7-13(8-10-14)19(21)25)18(20)15-5-3-4-6-16(15)22(20)2/h3-12,18H,1-2H3,(H2,21,25). The molecule has 0 aromatic heterocycles. The van der Waals surface area contributed by atoms with Crippen molar-refractivity contribution in [2.75, 3.05) is 16.8 Å². The lowest BCUT2D eigenvalue weighted by atomic mass is 9.85. The number of benzene rings is 2. The van der Waals surface area contributed by atoms with Crippen LogP contribution >= 0.6 is 0 Å². The topological polar surface area (TPSA) is 66.6 Å². The van der Waals surface area contributed by atoms with Gasteiger partial charge in [0, 0.05) is 35.6 Å². The van der Waals surface area contributed by atoms with Crippen molar-refractivity contribution in [1.29, 1.82) is 0 Å². The number of rotatable bonds is 2. The number of anilines is 2. The van der Waals surface area contributed by atoms with E-state index < -0.39 is 5.91 Å². The van der Waals surface area contributed by atoms with Gasteiger partial charge in [0.25, 0.3) is 5.91 Å². The first-order valence-electron chi connectivity index (χ1n) is 8.18. The molecule has 2 aromatic rings. The van der Waals surface area contributed by atoms with Crippen LogP contribution in [0.25, 0.3) is 0 Å². The lowest BCUT2D eigenvalue weighted by Crippen LogP contribution is -2.53. The zero-order valence-corrected chi connectivity index (χ0v) is 14.1. The molecule has 2 aliphatic rings. The molecule has 2 aromatic carbocycles. The number of primary amides is 1. The molecule has 0 bridgehead atoms. The summed E-state index contributed by atoms with van der Waals surface area (Å²) in [4.78, 5) is 28.1. The number of likely N-dealkylation sites (N-methyl/N-ethyl adjacent to an activating group) is 1. The first kappa shape index (κ1) is 15.4. The zero-order valence-electron chi connectivity index (χ0n) is 14.1. The van der Waals surface area contributed by atoms with E-state index in [0.717, 1.165) is 16.9 Å². The maximum Gasteiger partial charge on any atom is 0.251 e. The van der Waals surface area contributed by atoms with Gasteiger partial charge >= 0.3 is 0 Å². The third kappa shape index (κ3) is 2.09. The SMILES string of the molecule is CN1c2ccccc2C2N(c3ccc(C(N)=O)cc3)C(=O)C=CC21C. The van der Waals surface area contributed by atoms with Crippen LogP contribution in [0.4, 0.5) is 11.4 Å². The van der Waals surface area contributed by atoms with Gasteiger partial charge in [-0.2, -0.15) is 0 Å². The van der Waals surface area contributed by atoms with Crippen LogP contribution in [-0.2, 0) is 4.79 Å². The third-order valence-electron chi connectivity index (χ3n) is 5.36. The highest BCUT2D eigenvalue weighted by Gasteiger charge is 2.51. The van der Waals surface area contributed by atoms with Gasteiger partial charge in [-0.1, -0.05) is 24.3 Å². The summed E-state index contributed by atoms with van der Waals surface area (Å²) >= 11 is 0. The van der Waals surface area contributed by atoms with Gasteiger partial charge in [0.1, 0.15) is 0 Å². The molecule has 2 atom stereocenters. The van der Waals surface area contributed by atoms with E-state index in [2.05, 4.69) is 24.0 Å². The predicted octanol–water partition coefficient (Wildman–Crippen LogP) is 2.64. The fourth-order valence-corrected chi connectivity index (χ4v) is 3.90. The maximum absolute atomic E-state index is 12.7. The van der Waals surface area contributed by atoms with Crippen LogP contribution in [0.1, 0.15) is 28.9 Å². The molecule has 0 saturated carbocycles. The van der Waals surface area contributed by atoms with Crippen molar-refractivity contribution in [1.82, 2.24) is 0 Å². The molecule has 2 amide bonds. The van der Waals surface area contributed by atoms with Gasteiger partial charge in [-0.15, -0.1) is 0 Å². The number of fused-ring (bicyclic) bond motifs is 3. The van der Waals surface area contributed by atoms with Crippen molar-refractivity contribution in [3.05, 3.63) is 71.8 Å². The fraction of sp³-hybridized carbons (Fsp3) is 0.200. The summed E-state index contributed by atoms with van der Waals surface area (Å²) in [7, 11) is 2.05. The van der Waals surface area contributed by atoms with Crippen LogP contribution in [-0.4, -0.2) is 24.4 Å². The molecule has 0 aliphatic carbocycles. The van der Waals surface area contributed by atoms with Crippen LogP contribution in [0.5, 0.6) is 0 Å². The Balaban J connectivity index is 1.86. The molecule has 25 heavy (non-hydrogen) atoms. The summed E-state index contributed by atoms with van der Waals surface area (Å²) in [6.45, 7) is 2.13. The normalized spacial score (nSPS) is 24.2. The summed E-state index contributed by atoms with van der Waals surface area (Å²) in [6.07, 6.45) is 3.61. The summed E-state index contributed by atoms with van der Waals surface area (Å²) < 4.78 is 0. The second kappa shape index (κ2) is 5.21. The second-order valence-corrected chi connectivity index (χ2v) is 6.70. The second-order valence-electron chi connectivity index (χ2n) is 6.70. The highest BCUT2D eigenvalue weighted by atomic mass is 16.2. The van der Waals surface area contributed by atoms with Gasteiger partial charge in [-0.3, -0.25) is 14.5 Å². The van der Waals surface area contributed by atoms with Crippen molar-refractivity contribution < 1.29 is 9.59 Å². The highest BCUT2D eigenvalue weighted by molar-refractivity contribution is 6.05. The fourth-order valence-electron chi connectivity index (χ4n) is 3.90. The molecule has 5 heteroatoms. The van der Waals surface area contributed by atoms with E-state index in [1.54, 1.807) is 35.2 Å². The molecule has 2 heterocycles. The minimum atomic E-state index is -0.479. The van der Waals surface area contributed by atoms with E-state index in [1.165, 1.54) is 0 Å². The monoisotopic (exact) mass is 333 g/mol. The van der Waals surface area contributed by atoms with E-state index in [9.17, 15) is 9.59 Å². The van der Waals surface area contributed by atoms with E-state index in [4.69, 9.17) is 5.73 Å². The average molecular weight is 333 g/mol. The Morgan fingerprint density at radius 1 is 1.12 bits per heavy atom. The maximum atomic E-state index is 12.7. The molecular weight excluding hydrogens is 314 g/mol. The Hall–Kier alpha value is -3.08. The predicted molar refractivity (Wildman–Crippen MR) is 97.6 cm³/mol. The van der Waals surface area contributed by atoms with Crippen molar-refractivity contribution >= 4 is 23.2 Å². The Kier molecular flexibility index (Phi) is 3.22. The lowest BCUT2D eigenvalue weighted by Gasteiger charge is -2.44. The van der Waals surface area contributed by atoms with Crippen LogP contribution in [0.15, 0.2) is 60.7 Å². The Morgan fingerprint density at radius 2 is 1.80 bits per heavy atom. The van der Waals surface area contributed by atoms with Gasteiger partial charge in [-0.05, 0) is 37.3 Å². The first-order valence-corrected chi connectivity index (χ1v) is 8.18. The van der Waals surface area contributed by atoms with E-state index in [-0.39, 0.29) is 17.5 Å². The molecule has 126 valence electrons. The van der Waals surface area contributed by atoms with Crippen molar-refractivity contribution in [2.45, 2.75) is 18.5 Å². The van der Waals surface area contributed by atoms with Crippen molar-refractivity contribution in [3.63, 3.8) is 0 Å². The molecule has 5 nitrogen and oxygen atoms in total. The quantitative estimate of drug-likeness (QED) is 0.919. The molecule has 0 radical (unpaired) electrons. The largest absolute Gasteiger partial charge is 0.366 e. The first-order chi connectivity index (χ1) is 11.9. The zero-order chi connectivity index (χ0) is 17.8. The Morgan fingerprint density at radius 3 is 2.48 bits per heavy atom. The molecule has 4 rings (SSSR count). The highest BCUT2D eigenvalue weighted by Crippen LogP contribution is 2.51. The number of carbonyl (C=O) groups excluding carboxylic acids is 2. The number of nitrogens with two attached hydrogens (primary N) is 1. The van der Waals surface area contributed by atoms with E-state index >= 15 is 0 Å². The minimum Gasteiger partial charge on any atom is -0.366 e. The summed E-state index contributed by atoms with van der Waals surface area (Å²) in [6, 6.07) is 14.9. The minimum absolute atomic E-state index is 0.0700. The van der Waals surface area contributed by atoms with Gasteiger partial charge < -0.3 is 10.6 Å². The molecular formula is C20H19N3O2. The van der Waals surface area contributed by atoms with E-state index in [1.807, 2.05) is 25.3 Å². The number of amides is 2. The molecule has 0 saturated heterocycles. The molecule has 0 fully saturated rings. The molecule has 0 spiro atoms.